The molecule has 196 valence electrons. The first-order chi connectivity index (χ1) is 18.6. The molecule has 5 aromatic rings. The number of carbonyl (C=O) groups excluding carboxylic acids is 1. The highest BCUT2D eigenvalue weighted by Gasteiger charge is 2.16. The van der Waals surface area contributed by atoms with Crippen molar-refractivity contribution in [2.75, 3.05) is 6.61 Å². The lowest BCUT2D eigenvalue weighted by molar-refractivity contribution is -0.139. The van der Waals surface area contributed by atoms with Crippen LogP contribution in [-0.2, 0) is 22.4 Å². The van der Waals surface area contributed by atoms with Gasteiger partial charge in [-0.2, -0.15) is 0 Å². The van der Waals surface area contributed by atoms with Crippen molar-refractivity contribution in [3.8, 4) is 0 Å². The third-order valence-corrected chi connectivity index (χ3v) is 8.06. The molecule has 0 fully saturated rings. The number of ether oxygens (including phenoxy) is 1. The molecule has 0 bridgehead atoms. The highest BCUT2D eigenvalue weighted by atomic mass is 16.5. The lowest BCUT2D eigenvalue weighted by atomic mass is 9.86. The number of esters is 1. The lowest BCUT2D eigenvalue weighted by Gasteiger charge is -2.18. The van der Waals surface area contributed by atoms with Crippen molar-refractivity contribution in [3.05, 3.63) is 83.9 Å². The van der Waals surface area contributed by atoms with Crippen LogP contribution in [-0.4, -0.2) is 12.6 Å². The van der Waals surface area contributed by atoms with Gasteiger partial charge in [-0.15, -0.1) is 0 Å². The second-order valence-electron chi connectivity index (χ2n) is 10.9. The van der Waals surface area contributed by atoms with Gasteiger partial charge in [-0.3, -0.25) is 0 Å². The van der Waals surface area contributed by atoms with Crippen LogP contribution >= 0.6 is 0 Å². The molecule has 0 radical (unpaired) electrons. The minimum Gasteiger partial charge on any atom is -0.462 e. The Morgan fingerprint density at radius 2 is 1.11 bits per heavy atom. The van der Waals surface area contributed by atoms with Gasteiger partial charge >= 0.3 is 5.97 Å². The second-order valence-corrected chi connectivity index (χ2v) is 10.9. The van der Waals surface area contributed by atoms with Gasteiger partial charge in [-0.1, -0.05) is 106 Å². The van der Waals surface area contributed by atoms with Gasteiger partial charge in [0.1, 0.15) is 0 Å². The molecule has 0 saturated carbocycles. The Morgan fingerprint density at radius 3 is 1.63 bits per heavy atom. The summed E-state index contributed by atoms with van der Waals surface area (Å²) in [5, 5.41) is 11.2. The zero-order chi connectivity index (χ0) is 26.5. The molecule has 0 unspecified atom stereocenters. The Bertz CT molecular complexity index is 1560. The standard InChI is InChI=1S/C36H40O2/c1-4-5-6-9-14-26-20-22-32-31-19-13-17-29-27(15-10-7-8-11-24-38-36(37)25(2)3)21-23-33(35(29)31)30-18-12-16-28(26)34(30)32/h12-13,16-23H,2,4-11,14-15,24H2,1,3H3. The third kappa shape index (κ3) is 5.27. The van der Waals surface area contributed by atoms with E-state index in [1.807, 2.05) is 0 Å². The van der Waals surface area contributed by atoms with Gasteiger partial charge in [0.25, 0.3) is 0 Å². The van der Waals surface area contributed by atoms with E-state index in [0.29, 0.717) is 12.2 Å². The van der Waals surface area contributed by atoms with Gasteiger partial charge in [-0.05, 0) is 93.2 Å². The number of carbonyl (C=O) groups is 1. The number of hydrogen-bond acceptors (Lipinski definition) is 2. The Labute approximate surface area is 227 Å². The molecule has 0 aliphatic heterocycles. The normalized spacial score (nSPS) is 11.7. The molecule has 2 heteroatoms. The summed E-state index contributed by atoms with van der Waals surface area (Å²) in [6.45, 7) is 8.08. The van der Waals surface area contributed by atoms with Crippen LogP contribution in [0, 0.1) is 0 Å². The predicted molar refractivity (Wildman–Crippen MR) is 163 cm³/mol. The molecule has 0 aromatic heterocycles. The minimum absolute atomic E-state index is 0.283. The third-order valence-electron chi connectivity index (χ3n) is 8.06. The van der Waals surface area contributed by atoms with Crippen molar-refractivity contribution in [3.63, 3.8) is 0 Å². The fourth-order valence-corrected chi connectivity index (χ4v) is 6.07. The Kier molecular flexibility index (Phi) is 8.27. The largest absolute Gasteiger partial charge is 0.462 e. The minimum atomic E-state index is -0.283. The van der Waals surface area contributed by atoms with Gasteiger partial charge in [-0.25, -0.2) is 4.79 Å². The summed E-state index contributed by atoms with van der Waals surface area (Å²) in [6, 6.07) is 23.2. The van der Waals surface area contributed by atoms with E-state index in [2.05, 4.69) is 74.2 Å². The average Bonchev–Trinajstić information content (AvgIpc) is 2.94. The van der Waals surface area contributed by atoms with Crippen molar-refractivity contribution < 1.29 is 9.53 Å². The molecule has 0 aliphatic carbocycles. The highest BCUT2D eigenvalue weighted by molar-refractivity contribution is 6.33. The van der Waals surface area contributed by atoms with E-state index in [0.717, 1.165) is 38.5 Å². The van der Waals surface area contributed by atoms with Crippen LogP contribution in [0.25, 0.3) is 43.1 Å². The first-order valence-electron chi connectivity index (χ1n) is 14.5. The van der Waals surface area contributed by atoms with Gasteiger partial charge < -0.3 is 4.74 Å². The Hall–Kier alpha value is -3.39. The van der Waals surface area contributed by atoms with Gasteiger partial charge in [0.15, 0.2) is 0 Å². The van der Waals surface area contributed by atoms with Crippen LogP contribution in [0.4, 0.5) is 0 Å². The Balaban J connectivity index is 1.39. The number of hydrogen-bond donors (Lipinski definition) is 0. The van der Waals surface area contributed by atoms with Crippen LogP contribution in [0.15, 0.2) is 72.8 Å². The van der Waals surface area contributed by atoms with Gasteiger partial charge in [0.2, 0.25) is 0 Å². The predicted octanol–water partition coefficient (Wildman–Crippen LogP) is 10.1. The lowest BCUT2D eigenvalue weighted by Crippen LogP contribution is -2.06. The van der Waals surface area contributed by atoms with Crippen molar-refractivity contribution in [2.45, 2.75) is 78.1 Å². The van der Waals surface area contributed by atoms with Gasteiger partial charge in [0.05, 0.1) is 6.61 Å². The average molecular weight is 505 g/mol. The molecule has 0 atom stereocenters. The highest BCUT2D eigenvalue weighted by Crippen LogP contribution is 2.42. The molecule has 0 aliphatic rings. The number of rotatable bonds is 13. The van der Waals surface area contributed by atoms with Crippen LogP contribution in [0.3, 0.4) is 0 Å². The van der Waals surface area contributed by atoms with Crippen LogP contribution in [0.2, 0.25) is 0 Å². The molecule has 38 heavy (non-hydrogen) atoms. The zero-order valence-corrected chi connectivity index (χ0v) is 23.1. The van der Waals surface area contributed by atoms with E-state index in [-0.39, 0.29) is 5.97 Å². The first-order valence-corrected chi connectivity index (χ1v) is 14.5. The molecule has 0 saturated heterocycles. The number of fused-ring (bicyclic) bond motifs is 2. The molecule has 0 amide bonds. The smallest absolute Gasteiger partial charge is 0.333 e. The van der Waals surface area contributed by atoms with E-state index in [1.165, 1.54) is 79.9 Å². The summed E-state index contributed by atoms with van der Waals surface area (Å²) in [7, 11) is 0. The molecule has 0 spiro atoms. The zero-order valence-electron chi connectivity index (χ0n) is 23.1. The molecule has 0 N–H and O–H groups in total. The van der Waals surface area contributed by atoms with E-state index in [4.69, 9.17) is 4.74 Å². The summed E-state index contributed by atoms with van der Waals surface area (Å²) in [5.74, 6) is -0.283. The molecule has 2 nitrogen and oxygen atoms in total. The maximum absolute atomic E-state index is 11.5. The fraction of sp³-hybridized carbons (Fsp3) is 0.361. The van der Waals surface area contributed by atoms with Crippen LogP contribution in [0.5, 0.6) is 0 Å². The van der Waals surface area contributed by atoms with Crippen molar-refractivity contribution in [2.24, 2.45) is 0 Å². The molecule has 5 aromatic carbocycles. The maximum Gasteiger partial charge on any atom is 0.333 e. The topological polar surface area (TPSA) is 26.3 Å². The number of benzene rings is 5. The fourth-order valence-electron chi connectivity index (χ4n) is 6.07. The summed E-state index contributed by atoms with van der Waals surface area (Å²) in [4.78, 5) is 11.5. The van der Waals surface area contributed by atoms with Crippen LogP contribution < -0.4 is 0 Å². The summed E-state index contributed by atoms with van der Waals surface area (Å²) in [6.07, 6.45) is 11.7. The van der Waals surface area contributed by atoms with E-state index < -0.39 is 0 Å². The first kappa shape index (κ1) is 26.2. The number of unbranched alkanes of at least 4 members (excludes halogenated alkanes) is 6. The van der Waals surface area contributed by atoms with Crippen molar-refractivity contribution in [1.82, 2.24) is 0 Å². The second kappa shape index (κ2) is 12.0. The Morgan fingerprint density at radius 1 is 0.632 bits per heavy atom. The van der Waals surface area contributed by atoms with E-state index >= 15 is 0 Å². The molecular formula is C36H40O2. The molecule has 0 heterocycles. The molecular weight excluding hydrogens is 464 g/mol. The number of aryl methyl sites for hydroxylation is 2. The van der Waals surface area contributed by atoms with Crippen LogP contribution in [0.1, 0.15) is 76.3 Å². The SMILES string of the molecule is C=C(C)C(=O)OCCCCCCc1ccc2c3cccc4c(CCCCCC)ccc(c5cccc1c52)c43. The maximum atomic E-state index is 11.5. The molecule has 5 rings (SSSR count). The summed E-state index contributed by atoms with van der Waals surface area (Å²) < 4.78 is 5.22. The van der Waals surface area contributed by atoms with E-state index in [1.54, 1.807) is 6.92 Å². The summed E-state index contributed by atoms with van der Waals surface area (Å²) >= 11 is 0. The summed E-state index contributed by atoms with van der Waals surface area (Å²) in [5.41, 5.74) is 3.39. The quantitative estimate of drug-likeness (QED) is 0.0524. The monoisotopic (exact) mass is 504 g/mol. The van der Waals surface area contributed by atoms with Crippen molar-refractivity contribution >= 4 is 49.1 Å². The van der Waals surface area contributed by atoms with Gasteiger partial charge in [0, 0.05) is 5.57 Å². The van der Waals surface area contributed by atoms with Crippen molar-refractivity contribution in [1.29, 1.82) is 0 Å². The van der Waals surface area contributed by atoms with E-state index in [9.17, 15) is 4.79 Å².